The molecule has 1 aromatic carbocycles. The van der Waals surface area contributed by atoms with Crippen LogP contribution in [-0.4, -0.2) is 18.1 Å². The van der Waals surface area contributed by atoms with Crippen molar-refractivity contribution in [3.8, 4) is 5.75 Å². The van der Waals surface area contributed by atoms with Crippen LogP contribution in [0.2, 0.25) is 0 Å². The monoisotopic (exact) mass is 316 g/mol. The lowest BCUT2D eigenvalue weighted by Gasteiger charge is -2.06. The maximum Gasteiger partial charge on any atom is 0.294 e. The molecule has 0 aliphatic rings. The Bertz CT molecular complexity index is 515. The number of aromatic hydroxyl groups is 1. The third-order valence-corrected chi connectivity index (χ3v) is 4.44. The number of hydrogen-bond donors (Lipinski definition) is 2. The quantitative estimate of drug-likeness (QED) is 0.593. The lowest BCUT2D eigenvalue weighted by molar-refractivity contribution is 0.467. The first-order chi connectivity index (χ1) is 9.75. The second-order valence-electron chi connectivity index (χ2n) is 5.22. The van der Waals surface area contributed by atoms with Crippen LogP contribution in [0.1, 0.15) is 63.5 Å². The van der Waals surface area contributed by atoms with Crippen LogP contribution in [0.5, 0.6) is 5.75 Å². The van der Waals surface area contributed by atoms with Gasteiger partial charge in [-0.05, 0) is 37.1 Å². The summed E-state index contributed by atoms with van der Waals surface area (Å²) in [5.74, 6) is 0.0184. The fourth-order valence-corrected chi connectivity index (χ4v) is 2.69. The van der Waals surface area contributed by atoms with E-state index in [0.29, 0.717) is 11.1 Å². The standard InChI is InChI=1S/C8H10O4S.C8H18/c1-5-6(2)8(13(10,11)12)4-3-7(5)9;1-3-5-7-8-6-4-2/h3-4,9H,1-2H3,(H,10,11,12);3-8H2,1-2H3. The minimum absolute atomic E-state index is 0.0184. The Morgan fingerprint density at radius 1 is 0.905 bits per heavy atom. The number of hydrogen-bond acceptors (Lipinski definition) is 3. The first kappa shape index (κ1) is 19.9. The summed E-state index contributed by atoms with van der Waals surface area (Å²) in [5.41, 5.74) is 0.817. The van der Waals surface area contributed by atoms with Crippen molar-refractivity contribution in [3.05, 3.63) is 23.3 Å². The highest BCUT2D eigenvalue weighted by atomic mass is 32.2. The van der Waals surface area contributed by atoms with Gasteiger partial charge in [-0.1, -0.05) is 52.4 Å². The molecule has 1 rings (SSSR count). The van der Waals surface area contributed by atoms with Crippen LogP contribution in [0, 0.1) is 13.8 Å². The van der Waals surface area contributed by atoms with Crippen LogP contribution in [0.4, 0.5) is 0 Å². The van der Waals surface area contributed by atoms with Gasteiger partial charge in [-0.25, -0.2) is 0 Å². The predicted octanol–water partition coefficient (Wildman–Crippen LogP) is 4.62. The highest BCUT2D eigenvalue weighted by Gasteiger charge is 2.15. The van der Waals surface area contributed by atoms with Crippen molar-refractivity contribution in [1.29, 1.82) is 0 Å². The SMILES string of the molecule is CCCCCCCC.Cc1c(O)ccc(S(=O)(=O)O)c1C. The summed E-state index contributed by atoms with van der Waals surface area (Å²) in [6.07, 6.45) is 8.49. The first-order valence-electron chi connectivity index (χ1n) is 7.52. The van der Waals surface area contributed by atoms with Crippen LogP contribution in [0.15, 0.2) is 17.0 Å². The van der Waals surface area contributed by atoms with Gasteiger partial charge in [0.05, 0.1) is 4.90 Å². The normalized spacial score (nSPS) is 10.9. The molecule has 0 heterocycles. The molecule has 0 bridgehead atoms. The second-order valence-corrected chi connectivity index (χ2v) is 6.61. The number of unbranched alkanes of at least 4 members (excludes halogenated alkanes) is 5. The van der Waals surface area contributed by atoms with Crippen LogP contribution >= 0.6 is 0 Å². The van der Waals surface area contributed by atoms with Crippen molar-refractivity contribution in [1.82, 2.24) is 0 Å². The van der Waals surface area contributed by atoms with Crippen molar-refractivity contribution in [3.63, 3.8) is 0 Å². The summed E-state index contributed by atoms with van der Waals surface area (Å²) in [7, 11) is -4.18. The van der Waals surface area contributed by atoms with Crippen LogP contribution < -0.4 is 0 Å². The molecule has 0 amide bonds. The summed E-state index contributed by atoms with van der Waals surface area (Å²) >= 11 is 0. The zero-order chi connectivity index (χ0) is 16.5. The minimum Gasteiger partial charge on any atom is -0.508 e. The third-order valence-electron chi connectivity index (χ3n) is 3.44. The van der Waals surface area contributed by atoms with Crippen molar-refractivity contribution in [2.24, 2.45) is 0 Å². The van der Waals surface area contributed by atoms with Gasteiger partial charge < -0.3 is 5.11 Å². The fraction of sp³-hybridized carbons (Fsp3) is 0.625. The molecule has 0 aromatic heterocycles. The molecule has 0 fully saturated rings. The van der Waals surface area contributed by atoms with Crippen LogP contribution in [0.25, 0.3) is 0 Å². The number of phenols is 1. The van der Waals surface area contributed by atoms with Gasteiger partial charge in [-0.15, -0.1) is 0 Å². The second kappa shape index (κ2) is 9.79. The fourth-order valence-electron chi connectivity index (χ4n) is 1.91. The number of benzene rings is 1. The van der Waals surface area contributed by atoms with Gasteiger partial charge in [-0.2, -0.15) is 8.42 Å². The zero-order valence-electron chi connectivity index (χ0n) is 13.5. The molecule has 4 nitrogen and oxygen atoms in total. The molecule has 0 saturated carbocycles. The smallest absolute Gasteiger partial charge is 0.294 e. The minimum atomic E-state index is -4.18. The topological polar surface area (TPSA) is 74.6 Å². The molecule has 0 aliphatic carbocycles. The van der Waals surface area contributed by atoms with Gasteiger partial charge in [0, 0.05) is 0 Å². The molecule has 0 radical (unpaired) electrons. The van der Waals surface area contributed by atoms with Crippen LogP contribution in [0.3, 0.4) is 0 Å². The van der Waals surface area contributed by atoms with E-state index in [1.807, 2.05) is 0 Å². The Morgan fingerprint density at radius 2 is 1.38 bits per heavy atom. The van der Waals surface area contributed by atoms with Crippen molar-refractivity contribution >= 4 is 10.1 Å². The van der Waals surface area contributed by atoms with Gasteiger partial charge in [0.1, 0.15) is 5.75 Å². The summed E-state index contributed by atoms with van der Waals surface area (Å²) in [5, 5.41) is 9.21. The van der Waals surface area contributed by atoms with E-state index in [2.05, 4.69) is 13.8 Å². The van der Waals surface area contributed by atoms with Crippen molar-refractivity contribution < 1.29 is 18.1 Å². The molecule has 1 aromatic rings. The summed E-state index contributed by atoms with van der Waals surface area (Å²) < 4.78 is 30.4. The molecule has 5 heteroatoms. The number of phenolic OH excluding ortho intramolecular Hbond substituents is 1. The molecule has 0 spiro atoms. The Kier molecular flexibility index (Phi) is 9.29. The van der Waals surface area contributed by atoms with E-state index in [9.17, 15) is 13.5 Å². The Balaban J connectivity index is 0.000000433. The Labute approximate surface area is 129 Å². The molecule has 21 heavy (non-hydrogen) atoms. The van der Waals surface area contributed by atoms with Gasteiger partial charge in [0.15, 0.2) is 0 Å². The molecule has 0 unspecified atom stereocenters. The molecule has 0 saturated heterocycles. The van der Waals surface area contributed by atoms with Crippen molar-refractivity contribution in [2.45, 2.75) is 71.1 Å². The molecule has 0 aliphatic heterocycles. The summed E-state index contributed by atoms with van der Waals surface area (Å²) in [4.78, 5) is -0.164. The molecule has 0 atom stereocenters. The molecule has 2 N–H and O–H groups in total. The average Bonchev–Trinajstić information content (AvgIpc) is 2.40. The van der Waals surface area contributed by atoms with E-state index in [-0.39, 0.29) is 10.6 Å². The van der Waals surface area contributed by atoms with E-state index in [1.54, 1.807) is 6.92 Å². The lowest BCUT2D eigenvalue weighted by Crippen LogP contribution is -2.01. The lowest BCUT2D eigenvalue weighted by atomic mass is 10.1. The Hall–Kier alpha value is -1.07. The summed E-state index contributed by atoms with van der Waals surface area (Å²) in [6.45, 7) is 7.62. The zero-order valence-corrected chi connectivity index (χ0v) is 14.3. The molecular formula is C16H28O4S. The van der Waals surface area contributed by atoms with Gasteiger partial charge >= 0.3 is 0 Å². The molecule has 122 valence electrons. The summed E-state index contributed by atoms with van der Waals surface area (Å²) in [6, 6.07) is 2.42. The van der Waals surface area contributed by atoms with E-state index in [0.717, 1.165) is 0 Å². The van der Waals surface area contributed by atoms with E-state index >= 15 is 0 Å². The van der Waals surface area contributed by atoms with E-state index in [4.69, 9.17) is 4.55 Å². The van der Waals surface area contributed by atoms with Gasteiger partial charge in [0.2, 0.25) is 0 Å². The van der Waals surface area contributed by atoms with E-state index < -0.39 is 10.1 Å². The maximum absolute atomic E-state index is 10.8. The number of rotatable bonds is 6. The molecular weight excluding hydrogens is 288 g/mol. The van der Waals surface area contributed by atoms with Gasteiger partial charge in [0.25, 0.3) is 10.1 Å². The van der Waals surface area contributed by atoms with Crippen LogP contribution in [-0.2, 0) is 10.1 Å². The average molecular weight is 316 g/mol. The highest BCUT2D eigenvalue weighted by molar-refractivity contribution is 7.85. The third kappa shape index (κ3) is 7.48. The highest BCUT2D eigenvalue weighted by Crippen LogP contribution is 2.25. The van der Waals surface area contributed by atoms with Crippen molar-refractivity contribution in [2.75, 3.05) is 0 Å². The Morgan fingerprint density at radius 3 is 1.76 bits per heavy atom. The first-order valence-corrected chi connectivity index (χ1v) is 8.96. The van der Waals surface area contributed by atoms with E-state index in [1.165, 1.54) is 57.6 Å². The maximum atomic E-state index is 10.8. The largest absolute Gasteiger partial charge is 0.508 e. The van der Waals surface area contributed by atoms with Gasteiger partial charge in [-0.3, -0.25) is 4.55 Å². The predicted molar refractivity (Wildman–Crippen MR) is 86.4 cm³/mol.